The molecular formula is C12H7N3OS2. The van der Waals surface area contributed by atoms with Gasteiger partial charge in [0, 0.05) is 10.4 Å². The first kappa shape index (κ1) is 12.4. The zero-order valence-electron chi connectivity index (χ0n) is 9.35. The summed E-state index contributed by atoms with van der Waals surface area (Å²) < 4.78 is 0. The summed E-state index contributed by atoms with van der Waals surface area (Å²) in [7, 11) is 0. The van der Waals surface area contributed by atoms with Crippen LogP contribution in [0.1, 0.15) is 11.1 Å². The number of nitriles is 2. The number of H-pyrrole nitrogens is 1. The lowest BCUT2D eigenvalue weighted by Crippen LogP contribution is -2.14. The zero-order chi connectivity index (χ0) is 13.1. The largest absolute Gasteiger partial charge is 0.315 e. The van der Waals surface area contributed by atoms with Crippen molar-refractivity contribution in [3.05, 3.63) is 39.0 Å². The number of nitrogens with one attached hydrogen (secondary N) is 1. The number of nitrogens with zero attached hydrogens (tertiary/aromatic N) is 2. The normalized spacial score (nSPS) is 9.72. The molecular weight excluding hydrogens is 266 g/mol. The first-order valence-electron chi connectivity index (χ1n) is 4.91. The summed E-state index contributed by atoms with van der Waals surface area (Å²) in [5, 5.41) is 20.7. The second-order valence-corrected chi connectivity index (χ2v) is 5.08. The van der Waals surface area contributed by atoms with Gasteiger partial charge >= 0.3 is 0 Å². The van der Waals surface area contributed by atoms with Gasteiger partial charge in [0.05, 0.1) is 10.6 Å². The molecule has 2 aromatic heterocycles. The van der Waals surface area contributed by atoms with E-state index >= 15 is 0 Å². The Balaban J connectivity index is 2.93. The molecule has 0 spiro atoms. The highest BCUT2D eigenvalue weighted by Gasteiger charge is 2.19. The lowest BCUT2D eigenvalue weighted by molar-refractivity contribution is 1.06. The Morgan fingerprint density at radius 3 is 2.56 bits per heavy atom. The first-order chi connectivity index (χ1) is 8.72. The van der Waals surface area contributed by atoms with E-state index in [1.165, 1.54) is 23.1 Å². The van der Waals surface area contributed by atoms with E-state index < -0.39 is 5.56 Å². The number of aromatic amines is 1. The fraction of sp³-hybridized carbons (Fsp3) is 0.0833. The molecule has 2 rings (SSSR count). The van der Waals surface area contributed by atoms with Crippen LogP contribution in [0.25, 0.3) is 10.4 Å². The number of rotatable bonds is 2. The Bertz CT molecular complexity index is 718. The van der Waals surface area contributed by atoms with E-state index in [1.54, 1.807) is 12.3 Å². The molecule has 0 saturated heterocycles. The van der Waals surface area contributed by atoms with Crippen molar-refractivity contribution in [1.82, 2.24) is 4.98 Å². The smallest absolute Gasteiger partial charge is 0.267 e. The second kappa shape index (κ2) is 5.09. The molecule has 0 bridgehead atoms. The van der Waals surface area contributed by atoms with Gasteiger partial charge < -0.3 is 4.98 Å². The Morgan fingerprint density at radius 1 is 1.33 bits per heavy atom. The van der Waals surface area contributed by atoms with E-state index in [0.717, 1.165) is 4.88 Å². The third-order valence-electron chi connectivity index (χ3n) is 2.38. The molecule has 0 saturated carbocycles. The fourth-order valence-corrected chi connectivity index (χ4v) is 2.94. The first-order valence-corrected chi connectivity index (χ1v) is 7.01. The van der Waals surface area contributed by atoms with Crippen LogP contribution in [0, 0.1) is 22.7 Å². The minimum atomic E-state index is -0.454. The Morgan fingerprint density at radius 2 is 2.06 bits per heavy atom. The topological polar surface area (TPSA) is 80.4 Å². The summed E-state index contributed by atoms with van der Waals surface area (Å²) in [6.45, 7) is 0. The van der Waals surface area contributed by atoms with Crippen LogP contribution in [0.3, 0.4) is 0 Å². The minimum absolute atomic E-state index is 0.00759. The molecule has 2 heterocycles. The maximum absolute atomic E-state index is 11.8. The molecule has 0 amide bonds. The molecule has 88 valence electrons. The number of aromatic nitrogens is 1. The Hall–Kier alpha value is -2.02. The number of thiophene rings is 1. The van der Waals surface area contributed by atoms with E-state index in [0.29, 0.717) is 16.2 Å². The summed E-state index contributed by atoms with van der Waals surface area (Å²) in [4.78, 5) is 15.1. The van der Waals surface area contributed by atoms with Gasteiger partial charge in [0.25, 0.3) is 5.56 Å². The van der Waals surface area contributed by atoms with Crippen molar-refractivity contribution in [1.29, 1.82) is 10.5 Å². The van der Waals surface area contributed by atoms with Crippen molar-refractivity contribution in [2.75, 3.05) is 6.26 Å². The lowest BCUT2D eigenvalue weighted by atomic mass is 10.0. The van der Waals surface area contributed by atoms with Gasteiger partial charge in [0.2, 0.25) is 0 Å². The van der Waals surface area contributed by atoms with Crippen LogP contribution in [-0.2, 0) is 0 Å². The van der Waals surface area contributed by atoms with Crippen molar-refractivity contribution in [3.8, 4) is 22.6 Å². The number of hydrogen-bond acceptors (Lipinski definition) is 5. The van der Waals surface area contributed by atoms with Gasteiger partial charge in [-0.25, -0.2) is 0 Å². The maximum Gasteiger partial charge on any atom is 0.267 e. The predicted molar refractivity (Wildman–Crippen MR) is 71.6 cm³/mol. The Kier molecular flexibility index (Phi) is 3.52. The molecule has 0 aliphatic carbocycles. The van der Waals surface area contributed by atoms with Crippen LogP contribution < -0.4 is 5.56 Å². The van der Waals surface area contributed by atoms with Crippen molar-refractivity contribution in [2.24, 2.45) is 0 Å². The molecule has 6 heteroatoms. The number of hydrogen-bond donors (Lipinski definition) is 1. The summed E-state index contributed by atoms with van der Waals surface area (Å²) in [5.41, 5.74) is 0.320. The highest BCUT2D eigenvalue weighted by Crippen LogP contribution is 2.32. The third kappa shape index (κ3) is 1.92. The van der Waals surface area contributed by atoms with E-state index in [4.69, 9.17) is 5.26 Å². The molecule has 18 heavy (non-hydrogen) atoms. The minimum Gasteiger partial charge on any atom is -0.315 e. The number of thioether (sulfide) groups is 1. The molecule has 4 nitrogen and oxygen atoms in total. The molecule has 0 aliphatic heterocycles. The fourth-order valence-electron chi connectivity index (χ4n) is 1.61. The van der Waals surface area contributed by atoms with Gasteiger partial charge in [-0.15, -0.1) is 23.1 Å². The zero-order valence-corrected chi connectivity index (χ0v) is 11.0. The third-order valence-corrected chi connectivity index (χ3v) is 3.98. The van der Waals surface area contributed by atoms with Gasteiger partial charge in [0.15, 0.2) is 0 Å². The summed E-state index contributed by atoms with van der Waals surface area (Å²) in [5.74, 6) is 0. The van der Waals surface area contributed by atoms with Crippen LogP contribution in [0.2, 0.25) is 0 Å². The van der Waals surface area contributed by atoms with Crippen LogP contribution in [0.5, 0.6) is 0 Å². The van der Waals surface area contributed by atoms with Gasteiger partial charge in [-0.2, -0.15) is 10.5 Å². The lowest BCUT2D eigenvalue weighted by Gasteiger charge is -2.07. The number of pyridine rings is 1. The molecule has 0 atom stereocenters. The highest BCUT2D eigenvalue weighted by molar-refractivity contribution is 7.98. The van der Waals surface area contributed by atoms with Crippen molar-refractivity contribution >= 4 is 23.1 Å². The predicted octanol–water partition coefficient (Wildman–Crippen LogP) is 2.57. The average Bonchev–Trinajstić information content (AvgIpc) is 2.90. The highest BCUT2D eigenvalue weighted by atomic mass is 32.2. The summed E-state index contributed by atoms with van der Waals surface area (Å²) in [6, 6.07) is 7.57. The van der Waals surface area contributed by atoms with Gasteiger partial charge in [-0.1, -0.05) is 6.07 Å². The van der Waals surface area contributed by atoms with Crippen LogP contribution >= 0.6 is 23.1 Å². The van der Waals surface area contributed by atoms with E-state index in [-0.39, 0.29) is 5.56 Å². The van der Waals surface area contributed by atoms with Crippen molar-refractivity contribution in [3.63, 3.8) is 0 Å². The quantitative estimate of drug-likeness (QED) is 0.853. The average molecular weight is 273 g/mol. The molecule has 0 aromatic carbocycles. The van der Waals surface area contributed by atoms with E-state index in [2.05, 4.69) is 11.1 Å². The molecule has 0 aliphatic rings. The summed E-state index contributed by atoms with van der Waals surface area (Å²) >= 11 is 2.68. The SMILES string of the molecule is CSc1[nH]c(=O)c(C#N)c(-c2cccs2)c1C#N. The second-order valence-electron chi connectivity index (χ2n) is 3.31. The van der Waals surface area contributed by atoms with Gasteiger partial charge in [-0.05, 0) is 17.7 Å². The van der Waals surface area contributed by atoms with Crippen LogP contribution in [0.15, 0.2) is 27.3 Å². The Labute approximate surface area is 112 Å². The van der Waals surface area contributed by atoms with Crippen LogP contribution in [-0.4, -0.2) is 11.2 Å². The maximum atomic E-state index is 11.8. The van der Waals surface area contributed by atoms with Crippen molar-refractivity contribution < 1.29 is 0 Å². The standard InChI is InChI=1S/C12H7N3OS2/c1-17-12-8(6-14)10(9-3-2-4-18-9)7(5-13)11(16)15-12/h2-4H,1H3,(H,15,16). The van der Waals surface area contributed by atoms with E-state index in [9.17, 15) is 10.1 Å². The molecule has 0 fully saturated rings. The van der Waals surface area contributed by atoms with E-state index in [1.807, 2.05) is 17.5 Å². The van der Waals surface area contributed by atoms with Crippen LogP contribution in [0.4, 0.5) is 0 Å². The monoisotopic (exact) mass is 273 g/mol. The summed E-state index contributed by atoms with van der Waals surface area (Å²) in [6.07, 6.45) is 1.77. The van der Waals surface area contributed by atoms with Crippen molar-refractivity contribution in [2.45, 2.75) is 5.03 Å². The molecule has 0 unspecified atom stereocenters. The van der Waals surface area contributed by atoms with Gasteiger partial charge in [-0.3, -0.25) is 4.79 Å². The molecule has 2 aromatic rings. The van der Waals surface area contributed by atoms with Gasteiger partial charge in [0.1, 0.15) is 17.7 Å². The molecule has 1 N–H and O–H groups in total. The molecule has 0 radical (unpaired) electrons.